The molecule has 0 spiro atoms. The second kappa shape index (κ2) is 7.22. The van der Waals surface area contributed by atoms with Crippen LogP contribution in [0.1, 0.15) is 37.7 Å². The van der Waals surface area contributed by atoms with Crippen molar-refractivity contribution in [1.29, 1.82) is 0 Å². The average Bonchev–Trinajstić information content (AvgIpc) is 2.40. The molecule has 3 N–H and O–H groups in total. The Hall–Kier alpha value is -1.14. The molecule has 21 heavy (non-hydrogen) atoms. The van der Waals surface area contributed by atoms with Gasteiger partial charge in [0.1, 0.15) is 0 Å². The van der Waals surface area contributed by atoms with Gasteiger partial charge in [0.2, 0.25) is 10.0 Å². The molecule has 1 aliphatic rings. The number of hydrogen-bond donors (Lipinski definition) is 2. The number of nitrogens with one attached hydrogen (secondary N) is 1. The Balaban J connectivity index is 1.94. The monoisotopic (exact) mass is 326 g/mol. The van der Waals surface area contributed by atoms with Crippen LogP contribution in [-0.2, 0) is 16.4 Å². The molecule has 1 fully saturated rings. The molecule has 0 saturated heterocycles. The second-order valence-electron chi connectivity index (χ2n) is 5.73. The Bertz CT molecular complexity index is 576. The van der Waals surface area contributed by atoms with E-state index in [-0.39, 0.29) is 5.75 Å². The lowest BCUT2D eigenvalue weighted by atomic mass is 9.91. The van der Waals surface area contributed by atoms with E-state index < -0.39 is 10.0 Å². The van der Waals surface area contributed by atoms with Crippen molar-refractivity contribution < 1.29 is 8.42 Å². The minimum absolute atomic E-state index is 0.224. The van der Waals surface area contributed by atoms with Crippen LogP contribution in [-0.4, -0.2) is 19.2 Å². The first-order valence-corrected chi connectivity index (χ1v) is 9.38. The smallest absolute Gasteiger partial charge is 0.232 e. The van der Waals surface area contributed by atoms with E-state index in [0.717, 1.165) is 31.2 Å². The maximum Gasteiger partial charge on any atom is 0.232 e. The highest BCUT2D eigenvalue weighted by Gasteiger charge is 2.21. The SMILES string of the molecule is NC(=S)Cc1ccc(NS(=O)(=O)CC2CCCCC2)cc1. The van der Waals surface area contributed by atoms with E-state index in [4.69, 9.17) is 18.0 Å². The van der Waals surface area contributed by atoms with Crippen LogP contribution in [0.5, 0.6) is 0 Å². The highest BCUT2D eigenvalue weighted by atomic mass is 32.2. The topological polar surface area (TPSA) is 72.2 Å². The van der Waals surface area contributed by atoms with Crippen molar-refractivity contribution in [3.8, 4) is 0 Å². The standard InChI is InChI=1S/C15H22N2O2S2/c16-15(20)10-12-6-8-14(9-7-12)17-21(18,19)11-13-4-2-1-3-5-13/h6-9,13,17H,1-5,10-11H2,(H2,16,20). The first-order chi connectivity index (χ1) is 9.94. The molecule has 2 rings (SSSR count). The summed E-state index contributed by atoms with van der Waals surface area (Å²) in [6.07, 6.45) is 6.10. The average molecular weight is 326 g/mol. The lowest BCUT2D eigenvalue weighted by molar-refractivity contribution is 0.385. The molecule has 116 valence electrons. The van der Waals surface area contributed by atoms with E-state index >= 15 is 0 Å². The van der Waals surface area contributed by atoms with E-state index in [0.29, 0.717) is 23.0 Å². The van der Waals surface area contributed by atoms with Gasteiger partial charge in [-0.05, 0) is 36.5 Å². The molecule has 0 unspecified atom stereocenters. The van der Waals surface area contributed by atoms with Crippen LogP contribution in [0.2, 0.25) is 0 Å². The molecule has 1 aromatic carbocycles. The summed E-state index contributed by atoms with van der Waals surface area (Å²) in [6, 6.07) is 7.20. The largest absolute Gasteiger partial charge is 0.393 e. The molecule has 0 atom stereocenters. The summed E-state index contributed by atoms with van der Waals surface area (Å²) in [7, 11) is -3.27. The van der Waals surface area contributed by atoms with Crippen LogP contribution < -0.4 is 10.5 Å². The van der Waals surface area contributed by atoms with Crippen molar-refractivity contribution in [3.63, 3.8) is 0 Å². The fourth-order valence-corrected chi connectivity index (χ4v) is 4.48. The molecule has 0 bridgehead atoms. The van der Waals surface area contributed by atoms with Crippen molar-refractivity contribution >= 4 is 32.9 Å². The number of anilines is 1. The van der Waals surface area contributed by atoms with Crippen molar-refractivity contribution in [2.75, 3.05) is 10.5 Å². The number of thiocarbonyl (C=S) groups is 1. The van der Waals surface area contributed by atoms with Crippen LogP contribution in [0.25, 0.3) is 0 Å². The number of rotatable bonds is 6. The summed E-state index contributed by atoms with van der Waals surface area (Å²) in [5.41, 5.74) is 7.07. The molecular weight excluding hydrogens is 304 g/mol. The molecule has 0 amide bonds. The summed E-state index contributed by atoms with van der Waals surface area (Å²) in [4.78, 5) is 0.431. The van der Waals surface area contributed by atoms with Gasteiger partial charge in [0.05, 0.1) is 10.7 Å². The normalized spacial score (nSPS) is 16.6. The molecular formula is C15H22N2O2S2. The quantitative estimate of drug-likeness (QED) is 0.789. The first kappa shape index (κ1) is 16.2. The summed E-state index contributed by atoms with van der Waals surface area (Å²) in [6.45, 7) is 0. The molecule has 0 aliphatic heterocycles. The fourth-order valence-electron chi connectivity index (χ4n) is 2.78. The van der Waals surface area contributed by atoms with Gasteiger partial charge in [-0.25, -0.2) is 8.42 Å². The Labute approximate surface area is 132 Å². The van der Waals surface area contributed by atoms with Gasteiger partial charge in [-0.3, -0.25) is 4.72 Å². The van der Waals surface area contributed by atoms with Crippen LogP contribution in [0.15, 0.2) is 24.3 Å². The summed E-state index contributed by atoms with van der Waals surface area (Å²) < 4.78 is 27.0. The Morgan fingerprint density at radius 3 is 2.38 bits per heavy atom. The van der Waals surface area contributed by atoms with E-state index in [1.165, 1.54) is 6.42 Å². The molecule has 1 aliphatic carbocycles. The predicted molar refractivity (Wildman–Crippen MR) is 90.9 cm³/mol. The molecule has 0 radical (unpaired) electrons. The number of benzene rings is 1. The maximum atomic E-state index is 12.2. The van der Waals surface area contributed by atoms with Crippen molar-refractivity contribution in [2.24, 2.45) is 11.7 Å². The van der Waals surface area contributed by atoms with Crippen LogP contribution >= 0.6 is 12.2 Å². The minimum atomic E-state index is -3.27. The van der Waals surface area contributed by atoms with Crippen LogP contribution in [0, 0.1) is 5.92 Å². The summed E-state index contributed by atoms with van der Waals surface area (Å²) in [5.74, 6) is 0.520. The first-order valence-electron chi connectivity index (χ1n) is 7.32. The highest BCUT2D eigenvalue weighted by Crippen LogP contribution is 2.25. The maximum absolute atomic E-state index is 12.2. The van der Waals surface area contributed by atoms with Gasteiger partial charge in [0, 0.05) is 12.1 Å². The van der Waals surface area contributed by atoms with Crippen molar-refractivity contribution in [1.82, 2.24) is 0 Å². The Morgan fingerprint density at radius 2 is 1.81 bits per heavy atom. The lowest BCUT2D eigenvalue weighted by Gasteiger charge is -2.21. The van der Waals surface area contributed by atoms with Gasteiger partial charge in [-0.15, -0.1) is 0 Å². The van der Waals surface area contributed by atoms with E-state index in [2.05, 4.69) is 4.72 Å². The third-order valence-electron chi connectivity index (χ3n) is 3.79. The zero-order valence-corrected chi connectivity index (χ0v) is 13.7. The third-order valence-corrected chi connectivity index (χ3v) is 5.39. The molecule has 4 nitrogen and oxygen atoms in total. The minimum Gasteiger partial charge on any atom is -0.393 e. The number of hydrogen-bond acceptors (Lipinski definition) is 3. The van der Waals surface area contributed by atoms with Crippen LogP contribution in [0.3, 0.4) is 0 Å². The zero-order chi connectivity index (χ0) is 15.3. The zero-order valence-electron chi connectivity index (χ0n) is 12.0. The molecule has 1 saturated carbocycles. The fraction of sp³-hybridized carbons (Fsp3) is 0.533. The Kier molecular flexibility index (Phi) is 5.58. The number of sulfonamides is 1. The second-order valence-corrected chi connectivity index (χ2v) is 8.02. The summed E-state index contributed by atoms with van der Waals surface area (Å²) in [5, 5.41) is 0. The molecule has 0 aromatic heterocycles. The third kappa shape index (κ3) is 5.63. The highest BCUT2D eigenvalue weighted by molar-refractivity contribution is 7.92. The van der Waals surface area contributed by atoms with Gasteiger partial charge >= 0.3 is 0 Å². The lowest BCUT2D eigenvalue weighted by Crippen LogP contribution is -2.24. The molecule has 6 heteroatoms. The molecule has 0 heterocycles. The van der Waals surface area contributed by atoms with Gasteiger partial charge in [0.25, 0.3) is 0 Å². The van der Waals surface area contributed by atoms with E-state index in [1.54, 1.807) is 12.1 Å². The predicted octanol–water partition coefficient (Wildman–Crippen LogP) is 2.84. The summed E-state index contributed by atoms with van der Waals surface area (Å²) >= 11 is 4.86. The van der Waals surface area contributed by atoms with Crippen molar-refractivity contribution in [2.45, 2.75) is 38.5 Å². The van der Waals surface area contributed by atoms with Gasteiger partial charge in [-0.1, -0.05) is 43.6 Å². The van der Waals surface area contributed by atoms with Gasteiger partial charge in [-0.2, -0.15) is 0 Å². The van der Waals surface area contributed by atoms with E-state index in [1.807, 2.05) is 12.1 Å². The van der Waals surface area contributed by atoms with Crippen LogP contribution in [0.4, 0.5) is 5.69 Å². The van der Waals surface area contributed by atoms with Gasteiger partial charge in [0.15, 0.2) is 0 Å². The van der Waals surface area contributed by atoms with Gasteiger partial charge < -0.3 is 5.73 Å². The molecule has 1 aromatic rings. The van der Waals surface area contributed by atoms with E-state index in [9.17, 15) is 8.42 Å². The number of nitrogens with two attached hydrogens (primary N) is 1. The van der Waals surface area contributed by atoms with Crippen molar-refractivity contribution in [3.05, 3.63) is 29.8 Å². The Morgan fingerprint density at radius 1 is 1.19 bits per heavy atom.